The van der Waals surface area contributed by atoms with Crippen LogP contribution < -0.4 is 10.6 Å². The molecule has 3 aromatic carbocycles. The minimum atomic E-state index is -1.06. The molecular weight excluding hydrogens is 468 g/mol. The minimum absolute atomic E-state index is 0.0403. The standard InChI is InChI=1S/C27H23ClN2O5/c1-16(26(32)33)10-11-29-25(31)17-12-18(28)14-19(13-17)30-27(34)35-15-24-22-8-4-2-6-20(22)21-7-3-5-9-23(21)24/h2-10,12-14,24H,11,15H2,1H3,(H,29,31)(H,30,34)(H,32,33)/b16-10+. The first kappa shape index (κ1) is 24.0. The lowest BCUT2D eigenvalue weighted by molar-refractivity contribution is -0.132. The second kappa shape index (κ2) is 10.4. The molecule has 1 aliphatic carbocycles. The average molecular weight is 491 g/mol. The summed E-state index contributed by atoms with van der Waals surface area (Å²) in [5.74, 6) is -1.59. The number of halogens is 1. The Balaban J connectivity index is 1.40. The molecule has 3 aromatic rings. The molecule has 0 bridgehead atoms. The van der Waals surface area contributed by atoms with Crippen molar-refractivity contribution in [3.8, 4) is 11.1 Å². The molecular formula is C27H23ClN2O5. The Kier molecular flexibility index (Phi) is 7.17. The van der Waals surface area contributed by atoms with Gasteiger partial charge in [-0.1, -0.05) is 66.2 Å². The fourth-order valence-electron chi connectivity index (χ4n) is 4.03. The summed E-state index contributed by atoms with van der Waals surface area (Å²) in [5, 5.41) is 14.3. The van der Waals surface area contributed by atoms with Crippen molar-refractivity contribution in [3.63, 3.8) is 0 Å². The van der Waals surface area contributed by atoms with Crippen LogP contribution in [0.25, 0.3) is 11.1 Å². The van der Waals surface area contributed by atoms with Gasteiger partial charge in [0.15, 0.2) is 0 Å². The monoisotopic (exact) mass is 490 g/mol. The zero-order valence-corrected chi connectivity index (χ0v) is 19.6. The number of amides is 2. The number of nitrogens with one attached hydrogen (secondary N) is 2. The van der Waals surface area contributed by atoms with Gasteiger partial charge in [-0.05, 0) is 47.4 Å². The number of ether oxygens (including phenoxy) is 1. The Morgan fingerprint density at radius 3 is 2.26 bits per heavy atom. The summed E-state index contributed by atoms with van der Waals surface area (Å²) in [5.41, 5.74) is 5.12. The Hall–Kier alpha value is -4.10. The first-order valence-corrected chi connectivity index (χ1v) is 11.3. The van der Waals surface area contributed by atoms with E-state index in [1.807, 2.05) is 36.4 Å². The summed E-state index contributed by atoms with van der Waals surface area (Å²) in [6, 6.07) is 20.5. The third-order valence-corrected chi connectivity index (χ3v) is 5.98. The number of rotatable bonds is 7. The van der Waals surface area contributed by atoms with Gasteiger partial charge >= 0.3 is 12.1 Å². The maximum Gasteiger partial charge on any atom is 0.411 e. The van der Waals surface area contributed by atoms with Crippen LogP contribution in [0.3, 0.4) is 0 Å². The first-order valence-electron chi connectivity index (χ1n) is 10.9. The molecule has 35 heavy (non-hydrogen) atoms. The van der Waals surface area contributed by atoms with E-state index in [1.165, 1.54) is 31.2 Å². The molecule has 0 heterocycles. The zero-order chi connectivity index (χ0) is 24.9. The highest BCUT2D eigenvalue weighted by Crippen LogP contribution is 2.44. The summed E-state index contributed by atoms with van der Waals surface area (Å²) >= 11 is 6.13. The van der Waals surface area contributed by atoms with Gasteiger partial charge in [-0.25, -0.2) is 9.59 Å². The van der Waals surface area contributed by atoms with E-state index >= 15 is 0 Å². The average Bonchev–Trinajstić information content (AvgIpc) is 3.16. The Morgan fingerprint density at radius 2 is 1.63 bits per heavy atom. The van der Waals surface area contributed by atoms with Crippen LogP contribution in [0.4, 0.5) is 10.5 Å². The van der Waals surface area contributed by atoms with Crippen molar-refractivity contribution < 1.29 is 24.2 Å². The van der Waals surface area contributed by atoms with Crippen LogP contribution in [-0.4, -0.2) is 36.2 Å². The van der Waals surface area contributed by atoms with Gasteiger partial charge in [0.1, 0.15) is 6.61 Å². The van der Waals surface area contributed by atoms with Crippen LogP contribution in [0.5, 0.6) is 0 Å². The van der Waals surface area contributed by atoms with E-state index in [2.05, 4.69) is 22.8 Å². The van der Waals surface area contributed by atoms with Gasteiger partial charge in [-0.2, -0.15) is 0 Å². The predicted molar refractivity (Wildman–Crippen MR) is 134 cm³/mol. The summed E-state index contributed by atoms with van der Waals surface area (Å²) in [6.45, 7) is 1.63. The van der Waals surface area contributed by atoms with Crippen LogP contribution in [0, 0.1) is 0 Å². The molecule has 8 heteroatoms. The quantitative estimate of drug-likeness (QED) is 0.381. The fourth-order valence-corrected chi connectivity index (χ4v) is 4.27. The van der Waals surface area contributed by atoms with Crippen molar-refractivity contribution in [2.24, 2.45) is 0 Å². The summed E-state index contributed by atoms with van der Waals surface area (Å²) in [4.78, 5) is 35.8. The lowest BCUT2D eigenvalue weighted by atomic mass is 9.98. The Labute approximate surface area is 207 Å². The topological polar surface area (TPSA) is 105 Å². The van der Waals surface area contributed by atoms with Gasteiger partial charge in [0.25, 0.3) is 5.91 Å². The van der Waals surface area contributed by atoms with Crippen molar-refractivity contribution in [2.75, 3.05) is 18.5 Å². The number of carboxylic acids is 1. The third-order valence-electron chi connectivity index (χ3n) is 5.76. The second-order valence-electron chi connectivity index (χ2n) is 8.08. The lowest BCUT2D eigenvalue weighted by Crippen LogP contribution is -2.24. The van der Waals surface area contributed by atoms with Crippen LogP contribution in [0.2, 0.25) is 5.02 Å². The molecule has 3 N–H and O–H groups in total. The Bertz CT molecular complexity index is 1290. The second-order valence-corrected chi connectivity index (χ2v) is 8.52. The number of hydrogen-bond acceptors (Lipinski definition) is 4. The van der Waals surface area contributed by atoms with Crippen molar-refractivity contribution in [2.45, 2.75) is 12.8 Å². The summed E-state index contributed by atoms with van der Waals surface area (Å²) in [7, 11) is 0. The largest absolute Gasteiger partial charge is 0.478 e. The summed E-state index contributed by atoms with van der Waals surface area (Å²) in [6.07, 6.45) is 0.723. The maximum atomic E-state index is 12.6. The van der Waals surface area contributed by atoms with Crippen LogP contribution in [0.1, 0.15) is 34.3 Å². The molecule has 4 rings (SSSR count). The highest BCUT2D eigenvalue weighted by atomic mass is 35.5. The molecule has 178 valence electrons. The molecule has 7 nitrogen and oxygen atoms in total. The van der Waals surface area contributed by atoms with E-state index in [0.29, 0.717) is 5.69 Å². The Morgan fingerprint density at radius 1 is 1.00 bits per heavy atom. The normalized spacial score (nSPS) is 12.5. The van der Waals surface area contributed by atoms with E-state index in [-0.39, 0.29) is 35.2 Å². The van der Waals surface area contributed by atoms with Gasteiger partial charge in [0.05, 0.1) is 0 Å². The molecule has 0 aliphatic heterocycles. The number of anilines is 1. The molecule has 2 amide bonds. The molecule has 0 saturated heterocycles. The van der Waals surface area contributed by atoms with Gasteiger partial charge in [-0.3, -0.25) is 10.1 Å². The van der Waals surface area contributed by atoms with E-state index < -0.39 is 18.0 Å². The molecule has 0 saturated carbocycles. The smallest absolute Gasteiger partial charge is 0.411 e. The van der Waals surface area contributed by atoms with Crippen molar-refractivity contribution in [1.29, 1.82) is 0 Å². The van der Waals surface area contributed by atoms with Gasteiger partial charge in [-0.15, -0.1) is 0 Å². The summed E-state index contributed by atoms with van der Waals surface area (Å²) < 4.78 is 5.54. The number of benzene rings is 3. The highest BCUT2D eigenvalue weighted by Gasteiger charge is 2.29. The number of hydrogen-bond donors (Lipinski definition) is 3. The molecule has 0 spiro atoms. The van der Waals surface area contributed by atoms with Gasteiger partial charge in [0, 0.05) is 34.3 Å². The molecule has 0 aromatic heterocycles. The van der Waals surface area contributed by atoms with E-state index in [9.17, 15) is 14.4 Å². The van der Waals surface area contributed by atoms with Crippen LogP contribution in [-0.2, 0) is 9.53 Å². The van der Waals surface area contributed by atoms with Crippen LogP contribution >= 0.6 is 11.6 Å². The SMILES string of the molecule is C/C(=C\CNC(=O)c1cc(Cl)cc(NC(=O)OCC2c3ccccc3-c3ccccc32)c1)C(=O)O. The zero-order valence-electron chi connectivity index (χ0n) is 18.9. The maximum absolute atomic E-state index is 12.6. The molecule has 0 radical (unpaired) electrons. The minimum Gasteiger partial charge on any atom is -0.478 e. The van der Waals surface area contributed by atoms with E-state index in [0.717, 1.165) is 22.3 Å². The molecule has 0 unspecified atom stereocenters. The number of carbonyl (C=O) groups is 3. The fraction of sp³-hybridized carbons (Fsp3) is 0.148. The van der Waals surface area contributed by atoms with Crippen molar-refractivity contribution in [1.82, 2.24) is 5.32 Å². The number of fused-ring (bicyclic) bond motifs is 3. The third kappa shape index (κ3) is 5.53. The predicted octanol–water partition coefficient (Wildman–Crippen LogP) is 5.46. The van der Waals surface area contributed by atoms with E-state index in [4.69, 9.17) is 21.4 Å². The number of carboxylic acid groups (broad SMARTS) is 1. The first-order chi connectivity index (χ1) is 16.8. The van der Waals surface area contributed by atoms with E-state index in [1.54, 1.807) is 0 Å². The number of aliphatic carboxylic acids is 1. The van der Waals surface area contributed by atoms with Gasteiger partial charge in [0.2, 0.25) is 0 Å². The molecule has 1 aliphatic rings. The highest BCUT2D eigenvalue weighted by molar-refractivity contribution is 6.31. The van der Waals surface area contributed by atoms with Crippen LogP contribution in [0.15, 0.2) is 78.4 Å². The van der Waals surface area contributed by atoms with Crippen molar-refractivity contribution in [3.05, 3.63) is 100 Å². The number of carbonyl (C=O) groups excluding carboxylic acids is 2. The lowest BCUT2D eigenvalue weighted by Gasteiger charge is -2.15. The van der Waals surface area contributed by atoms with Gasteiger partial charge < -0.3 is 15.2 Å². The molecule has 0 fully saturated rings. The van der Waals surface area contributed by atoms with Crippen molar-refractivity contribution >= 4 is 35.3 Å². The molecule has 0 atom stereocenters.